The molecule has 1 atom stereocenters. The minimum atomic E-state index is -0.467. The fraction of sp³-hybridized carbons (Fsp3) is 0.308. The number of hydrogen-bond donors (Lipinski definition) is 1. The molecule has 0 bridgehead atoms. The molecule has 2 rings (SSSR count). The summed E-state index contributed by atoms with van der Waals surface area (Å²) in [6, 6.07) is 6.01. The van der Waals surface area contributed by atoms with Crippen LogP contribution in [0, 0.1) is 16.0 Å². The van der Waals surface area contributed by atoms with Crippen LogP contribution in [0.4, 0.5) is 5.69 Å². The predicted octanol–water partition coefficient (Wildman–Crippen LogP) is 1.70. The lowest BCUT2D eigenvalue weighted by Gasteiger charge is -2.20. The zero-order chi connectivity index (χ0) is 15.4. The number of rotatable bonds is 5. The molecule has 1 N–H and O–H groups in total. The zero-order valence-corrected chi connectivity index (χ0v) is 11.6. The second kappa shape index (κ2) is 6.12. The van der Waals surface area contributed by atoms with Crippen LogP contribution in [0.2, 0.25) is 0 Å². The Kier molecular flexibility index (Phi) is 4.27. The van der Waals surface area contributed by atoms with Crippen LogP contribution in [0.1, 0.15) is 25.3 Å². The highest BCUT2D eigenvalue weighted by Crippen LogP contribution is 2.26. The highest BCUT2D eigenvalue weighted by Gasteiger charge is 2.25. The maximum absolute atomic E-state index is 12.3. The first-order valence-corrected chi connectivity index (χ1v) is 6.39. The lowest BCUT2D eigenvalue weighted by atomic mass is 9.88. The van der Waals surface area contributed by atoms with Gasteiger partial charge < -0.3 is 0 Å². The van der Waals surface area contributed by atoms with E-state index in [1.807, 2.05) is 13.8 Å². The summed E-state index contributed by atoms with van der Waals surface area (Å²) in [5.41, 5.74) is 3.38. The molecule has 0 saturated heterocycles. The average Bonchev–Trinajstić information content (AvgIpc) is 2.91. The minimum absolute atomic E-state index is 0.000439. The van der Waals surface area contributed by atoms with Gasteiger partial charge in [0.05, 0.1) is 10.8 Å². The summed E-state index contributed by atoms with van der Waals surface area (Å²) >= 11 is 0. The number of nitrogens with one attached hydrogen (secondary N) is 1. The fourth-order valence-electron chi connectivity index (χ4n) is 2.10. The van der Waals surface area contributed by atoms with Crippen molar-refractivity contribution in [1.29, 1.82) is 0 Å². The van der Waals surface area contributed by atoms with Crippen molar-refractivity contribution in [3.05, 3.63) is 52.6 Å². The van der Waals surface area contributed by atoms with Gasteiger partial charge in [-0.25, -0.2) is 4.68 Å². The number of non-ortho nitro benzene ring substituents is 1. The molecule has 0 radical (unpaired) electrons. The molecule has 2 aromatic rings. The first kappa shape index (κ1) is 14.6. The summed E-state index contributed by atoms with van der Waals surface area (Å²) in [5.74, 6) is -0.616. The van der Waals surface area contributed by atoms with Crippen LogP contribution in [0.5, 0.6) is 0 Å². The van der Waals surface area contributed by atoms with Crippen molar-refractivity contribution in [2.24, 2.45) is 5.92 Å². The summed E-state index contributed by atoms with van der Waals surface area (Å²) in [7, 11) is 0. The van der Waals surface area contributed by atoms with Gasteiger partial charge in [-0.3, -0.25) is 20.3 Å². The molecular formula is C13H15N5O3. The standard InChI is InChI=1S/C13H15N5O3/c1-9(2)12(13(19)16-17-7-14-15-8-17)10-3-5-11(6-4-10)18(20)21/h3-9,12H,1-2H3,(H,16,19). The van der Waals surface area contributed by atoms with Gasteiger partial charge in [-0.05, 0) is 11.5 Å². The fourth-order valence-corrected chi connectivity index (χ4v) is 2.10. The Morgan fingerprint density at radius 1 is 1.24 bits per heavy atom. The van der Waals surface area contributed by atoms with Crippen molar-refractivity contribution in [3.8, 4) is 0 Å². The summed E-state index contributed by atoms with van der Waals surface area (Å²) in [6.07, 6.45) is 2.76. The molecule has 0 spiro atoms. The molecule has 1 unspecified atom stereocenters. The molecule has 0 aliphatic heterocycles. The third-order valence-corrected chi connectivity index (χ3v) is 3.07. The molecule has 1 amide bonds. The van der Waals surface area contributed by atoms with Crippen LogP contribution < -0.4 is 5.43 Å². The summed E-state index contributed by atoms with van der Waals surface area (Å²) < 4.78 is 1.36. The first-order chi connectivity index (χ1) is 9.99. The van der Waals surface area contributed by atoms with Crippen molar-refractivity contribution in [3.63, 3.8) is 0 Å². The van der Waals surface area contributed by atoms with Gasteiger partial charge in [0.15, 0.2) is 0 Å². The molecule has 1 aromatic heterocycles. The number of carbonyl (C=O) groups excluding carboxylic acids is 1. The van der Waals surface area contributed by atoms with Crippen molar-refractivity contribution in [1.82, 2.24) is 14.9 Å². The highest BCUT2D eigenvalue weighted by atomic mass is 16.6. The monoisotopic (exact) mass is 289 g/mol. The minimum Gasteiger partial charge on any atom is -0.273 e. The Labute approximate surface area is 120 Å². The summed E-state index contributed by atoms with van der Waals surface area (Å²) in [6.45, 7) is 3.83. The van der Waals surface area contributed by atoms with E-state index < -0.39 is 10.8 Å². The quantitative estimate of drug-likeness (QED) is 0.666. The van der Waals surface area contributed by atoms with E-state index in [9.17, 15) is 14.9 Å². The zero-order valence-electron chi connectivity index (χ0n) is 11.6. The van der Waals surface area contributed by atoms with Crippen molar-refractivity contribution < 1.29 is 9.72 Å². The molecule has 110 valence electrons. The van der Waals surface area contributed by atoms with Crippen LogP contribution in [0.15, 0.2) is 36.9 Å². The lowest BCUT2D eigenvalue weighted by Crippen LogP contribution is -2.30. The van der Waals surface area contributed by atoms with E-state index in [-0.39, 0.29) is 17.5 Å². The average molecular weight is 289 g/mol. The third kappa shape index (κ3) is 3.41. The lowest BCUT2D eigenvalue weighted by molar-refractivity contribution is -0.384. The van der Waals surface area contributed by atoms with Crippen molar-refractivity contribution in [2.45, 2.75) is 19.8 Å². The van der Waals surface area contributed by atoms with E-state index in [0.717, 1.165) is 5.56 Å². The maximum Gasteiger partial charge on any atom is 0.269 e. The number of nitrogens with zero attached hydrogens (tertiary/aromatic N) is 4. The molecule has 8 heteroatoms. The Bertz CT molecular complexity index is 622. The molecule has 0 aliphatic carbocycles. The second-order valence-electron chi connectivity index (χ2n) is 4.92. The molecule has 0 saturated carbocycles. The van der Waals surface area contributed by atoms with Gasteiger partial charge in [-0.1, -0.05) is 26.0 Å². The van der Waals surface area contributed by atoms with Crippen LogP contribution in [0.3, 0.4) is 0 Å². The molecule has 1 heterocycles. The van der Waals surface area contributed by atoms with Gasteiger partial charge in [-0.2, -0.15) is 0 Å². The Morgan fingerprint density at radius 3 is 2.29 bits per heavy atom. The largest absolute Gasteiger partial charge is 0.273 e. The SMILES string of the molecule is CC(C)C(C(=O)Nn1cnnc1)c1ccc([N+](=O)[O-])cc1. The second-order valence-corrected chi connectivity index (χ2v) is 4.92. The van der Waals surface area contributed by atoms with E-state index in [4.69, 9.17) is 0 Å². The van der Waals surface area contributed by atoms with E-state index in [1.165, 1.54) is 29.5 Å². The third-order valence-electron chi connectivity index (χ3n) is 3.07. The number of hydrogen-bond acceptors (Lipinski definition) is 5. The molecule has 0 aliphatic rings. The molecule has 1 aromatic carbocycles. The van der Waals surface area contributed by atoms with Crippen LogP contribution in [-0.2, 0) is 4.79 Å². The number of aromatic nitrogens is 3. The molecule has 0 fully saturated rings. The smallest absolute Gasteiger partial charge is 0.269 e. The van der Waals surface area contributed by atoms with Crippen LogP contribution in [0.25, 0.3) is 0 Å². The van der Waals surface area contributed by atoms with Crippen molar-refractivity contribution in [2.75, 3.05) is 5.43 Å². The highest BCUT2D eigenvalue weighted by molar-refractivity contribution is 5.90. The molecule has 8 nitrogen and oxygen atoms in total. The Balaban J connectivity index is 2.22. The number of nitro groups is 1. The van der Waals surface area contributed by atoms with E-state index in [2.05, 4.69) is 15.6 Å². The number of benzene rings is 1. The first-order valence-electron chi connectivity index (χ1n) is 6.39. The molecule has 21 heavy (non-hydrogen) atoms. The van der Waals surface area contributed by atoms with E-state index >= 15 is 0 Å². The number of amides is 1. The van der Waals surface area contributed by atoms with Gasteiger partial charge in [0.25, 0.3) is 5.69 Å². The van der Waals surface area contributed by atoms with Crippen molar-refractivity contribution >= 4 is 11.6 Å². The number of nitro benzene ring substituents is 1. The van der Waals surface area contributed by atoms with Gasteiger partial charge >= 0.3 is 0 Å². The maximum atomic E-state index is 12.3. The summed E-state index contributed by atoms with van der Waals surface area (Å²) in [4.78, 5) is 22.6. The summed E-state index contributed by atoms with van der Waals surface area (Å²) in [5, 5.41) is 17.9. The van der Waals surface area contributed by atoms with Gasteiger partial charge in [0.2, 0.25) is 5.91 Å². The van der Waals surface area contributed by atoms with Gasteiger partial charge in [0, 0.05) is 12.1 Å². The van der Waals surface area contributed by atoms with Gasteiger partial charge in [0.1, 0.15) is 12.7 Å². The van der Waals surface area contributed by atoms with Crippen LogP contribution >= 0.6 is 0 Å². The predicted molar refractivity (Wildman–Crippen MR) is 75.1 cm³/mol. The Hall–Kier alpha value is -2.77. The van der Waals surface area contributed by atoms with E-state index in [1.54, 1.807) is 12.1 Å². The van der Waals surface area contributed by atoms with Crippen LogP contribution in [-0.4, -0.2) is 25.7 Å². The normalized spacial score (nSPS) is 12.1. The van der Waals surface area contributed by atoms with E-state index in [0.29, 0.717) is 0 Å². The Morgan fingerprint density at radius 2 is 1.81 bits per heavy atom. The van der Waals surface area contributed by atoms with Gasteiger partial charge in [-0.15, -0.1) is 10.2 Å². The molecular weight excluding hydrogens is 274 g/mol. The number of carbonyl (C=O) groups is 1. The topological polar surface area (TPSA) is 103 Å².